The summed E-state index contributed by atoms with van der Waals surface area (Å²) in [4.78, 5) is 24.6. The molecule has 1 amide bonds. The molecular weight excluding hydrogens is 983 g/mol. The molecule has 0 heterocycles. The lowest BCUT2D eigenvalue weighted by molar-refractivity contribution is -0.143. The van der Waals surface area contributed by atoms with E-state index in [1.165, 1.54) is 340 Å². The molecule has 2 atom stereocenters. The van der Waals surface area contributed by atoms with Gasteiger partial charge in [-0.25, -0.2) is 0 Å². The second-order valence-corrected chi connectivity index (χ2v) is 25.3. The SMILES string of the molecule is CCCCCCCC/C=C\CCCCCCCCCC(=O)OCCCCCCCCCCCCCCCCCCCCCCCCCCC(=O)NC(CO)C(O)/C=C/CCCCCCCCCCCCCCCCCCCCCC. The molecule has 0 aromatic heterocycles. The predicted molar refractivity (Wildman–Crippen MR) is 352 cm³/mol. The first-order chi connectivity index (χ1) is 39.5. The van der Waals surface area contributed by atoms with Crippen molar-refractivity contribution < 1.29 is 24.5 Å². The van der Waals surface area contributed by atoms with Gasteiger partial charge in [0.2, 0.25) is 5.91 Å². The third-order valence-corrected chi connectivity index (χ3v) is 17.2. The van der Waals surface area contributed by atoms with Gasteiger partial charge in [-0.1, -0.05) is 366 Å². The standard InChI is InChI=1S/C74H143NO5/c1-3-5-7-9-11-13-15-17-19-21-22-23-28-31-35-38-42-46-50-54-58-62-66-72(77)71(70-76)75-73(78)67-63-59-55-51-47-43-39-36-32-29-26-24-25-27-30-33-37-41-45-49-53-57-61-65-69-80-74(79)68-64-60-56-52-48-44-40-34-20-18-16-14-12-10-8-6-4-2/h18,20,62,66,71-72,76-77H,3-17,19,21-61,63-65,67-70H2,1-2H3,(H,75,78)/b20-18-,66-62+. The van der Waals surface area contributed by atoms with Gasteiger partial charge in [-0.05, 0) is 57.8 Å². The molecule has 0 rings (SSSR count). The number of carbonyl (C=O) groups is 2. The highest BCUT2D eigenvalue weighted by Gasteiger charge is 2.18. The topological polar surface area (TPSA) is 95.9 Å². The number of rotatable bonds is 69. The molecule has 6 nitrogen and oxygen atoms in total. The first kappa shape index (κ1) is 78.3. The molecule has 0 saturated heterocycles. The van der Waals surface area contributed by atoms with Crippen molar-refractivity contribution in [1.29, 1.82) is 0 Å². The maximum atomic E-state index is 12.5. The first-order valence-corrected chi connectivity index (χ1v) is 36.6. The molecule has 0 aromatic rings. The van der Waals surface area contributed by atoms with Crippen molar-refractivity contribution >= 4 is 11.9 Å². The minimum Gasteiger partial charge on any atom is -0.466 e. The Balaban J connectivity index is 3.39. The fourth-order valence-corrected chi connectivity index (χ4v) is 11.6. The molecule has 0 aliphatic heterocycles. The summed E-state index contributed by atoms with van der Waals surface area (Å²) in [5, 5.41) is 23.3. The minimum absolute atomic E-state index is 0.0126. The quantitative estimate of drug-likeness (QED) is 0.0320. The van der Waals surface area contributed by atoms with Gasteiger partial charge < -0.3 is 20.3 Å². The Labute approximate surface area is 501 Å². The van der Waals surface area contributed by atoms with Crippen LogP contribution in [0.15, 0.2) is 24.3 Å². The van der Waals surface area contributed by atoms with Crippen LogP contribution in [0.4, 0.5) is 0 Å². The molecule has 3 N–H and O–H groups in total. The normalized spacial score (nSPS) is 12.6. The highest BCUT2D eigenvalue weighted by Crippen LogP contribution is 2.19. The summed E-state index contributed by atoms with van der Waals surface area (Å²) in [5.74, 6) is -0.0497. The zero-order valence-electron chi connectivity index (χ0n) is 54.3. The molecule has 0 aliphatic carbocycles. The largest absolute Gasteiger partial charge is 0.466 e. The van der Waals surface area contributed by atoms with Crippen molar-refractivity contribution in [3.8, 4) is 0 Å². The molecule has 2 unspecified atom stereocenters. The number of allylic oxidation sites excluding steroid dienone is 3. The Bertz CT molecular complexity index is 1250. The zero-order valence-corrected chi connectivity index (χ0v) is 54.3. The summed E-state index contributed by atoms with van der Waals surface area (Å²) in [6.45, 7) is 4.94. The van der Waals surface area contributed by atoms with E-state index in [0.29, 0.717) is 19.4 Å². The van der Waals surface area contributed by atoms with Gasteiger partial charge in [-0.15, -0.1) is 0 Å². The van der Waals surface area contributed by atoms with Crippen LogP contribution in [0.3, 0.4) is 0 Å². The molecule has 80 heavy (non-hydrogen) atoms. The maximum Gasteiger partial charge on any atom is 0.305 e. The molecule has 0 saturated carbocycles. The lowest BCUT2D eigenvalue weighted by Gasteiger charge is -2.20. The zero-order chi connectivity index (χ0) is 57.8. The highest BCUT2D eigenvalue weighted by molar-refractivity contribution is 5.76. The number of amides is 1. The van der Waals surface area contributed by atoms with Crippen LogP contribution in [-0.4, -0.2) is 47.4 Å². The van der Waals surface area contributed by atoms with Gasteiger partial charge >= 0.3 is 5.97 Å². The first-order valence-electron chi connectivity index (χ1n) is 36.6. The summed E-state index contributed by atoms with van der Waals surface area (Å²) in [7, 11) is 0. The fraction of sp³-hybridized carbons (Fsp3) is 0.919. The molecule has 474 valence electrons. The van der Waals surface area contributed by atoms with Gasteiger partial charge in [0.25, 0.3) is 0 Å². The Hall–Kier alpha value is -1.66. The number of nitrogens with one attached hydrogen (secondary N) is 1. The van der Waals surface area contributed by atoms with E-state index in [0.717, 1.165) is 44.9 Å². The number of unbranched alkanes of at least 4 members (excludes halogenated alkanes) is 56. The van der Waals surface area contributed by atoms with Gasteiger partial charge in [0.05, 0.1) is 25.4 Å². The highest BCUT2D eigenvalue weighted by atomic mass is 16.5. The van der Waals surface area contributed by atoms with Crippen molar-refractivity contribution in [2.45, 2.75) is 424 Å². The maximum absolute atomic E-state index is 12.5. The predicted octanol–water partition coefficient (Wildman–Crippen LogP) is 23.7. The van der Waals surface area contributed by atoms with Crippen LogP contribution in [0.1, 0.15) is 412 Å². The number of aliphatic hydroxyl groups is 2. The van der Waals surface area contributed by atoms with E-state index in [1.54, 1.807) is 6.08 Å². The molecular formula is C74H143NO5. The van der Waals surface area contributed by atoms with E-state index >= 15 is 0 Å². The van der Waals surface area contributed by atoms with Gasteiger partial charge in [-0.3, -0.25) is 9.59 Å². The molecule has 0 spiro atoms. The molecule has 0 aromatic carbocycles. The van der Waals surface area contributed by atoms with Crippen LogP contribution in [0.25, 0.3) is 0 Å². The Morgan fingerprint density at radius 1 is 0.338 bits per heavy atom. The number of carbonyl (C=O) groups excluding carboxylic acids is 2. The lowest BCUT2D eigenvalue weighted by Crippen LogP contribution is -2.45. The second kappa shape index (κ2) is 69.8. The fourth-order valence-electron chi connectivity index (χ4n) is 11.6. The van der Waals surface area contributed by atoms with E-state index in [9.17, 15) is 19.8 Å². The van der Waals surface area contributed by atoms with Crippen molar-refractivity contribution in [3.05, 3.63) is 24.3 Å². The molecule has 0 bridgehead atoms. The summed E-state index contributed by atoms with van der Waals surface area (Å²) in [5.41, 5.74) is 0. The molecule has 0 aliphatic rings. The summed E-state index contributed by atoms with van der Waals surface area (Å²) < 4.78 is 5.50. The minimum atomic E-state index is -0.845. The van der Waals surface area contributed by atoms with Crippen LogP contribution in [-0.2, 0) is 14.3 Å². The van der Waals surface area contributed by atoms with Gasteiger partial charge in [-0.2, -0.15) is 0 Å². The monoisotopic (exact) mass is 1130 g/mol. The van der Waals surface area contributed by atoms with E-state index < -0.39 is 12.1 Å². The van der Waals surface area contributed by atoms with Crippen molar-refractivity contribution in [1.82, 2.24) is 5.32 Å². The Morgan fingerprint density at radius 3 is 0.887 bits per heavy atom. The third kappa shape index (κ3) is 65.5. The van der Waals surface area contributed by atoms with E-state index in [1.807, 2.05) is 6.08 Å². The lowest BCUT2D eigenvalue weighted by atomic mass is 10.0. The van der Waals surface area contributed by atoms with Crippen molar-refractivity contribution in [3.63, 3.8) is 0 Å². The number of esters is 1. The summed E-state index contributed by atoms with van der Waals surface area (Å²) in [6.07, 6.45) is 88.3. The number of hydrogen-bond acceptors (Lipinski definition) is 5. The van der Waals surface area contributed by atoms with Crippen LogP contribution in [0.2, 0.25) is 0 Å². The summed E-state index contributed by atoms with van der Waals surface area (Å²) >= 11 is 0. The molecule has 0 fully saturated rings. The Morgan fingerprint density at radius 2 is 0.588 bits per heavy atom. The van der Waals surface area contributed by atoms with E-state index in [4.69, 9.17) is 4.74 Å². The third-order valence-electron chi connectivity index (χ3n) is 17.2. The van der Waals surface area contributed by atoms with Crippen LogP contribution in [0.5, 0.6) is 0 Å². The smallest absolute Gasteiger partial charge is 0.305 e. The number of hydrogen-bond donors (Lipinski definition) is 3. The van der Waals surface area contributed by atoms with E-state index in [2.05, 4.69) is 31.3 Å². The Kier molecular flexibility index (Phi) is 68.4. The summed E-state index contributed by atoms with van der Waals surface area (Å²) in [6, 6.07) is -0.628. The van der Waals surface area contributed by atoms with Crippen LogP contribution in [0, 0.1) is 0 Å². The van der Waals surface area contributed by atoms with Crippen LogP contribution >= 0.6 is 0 Å². The average molecular weight is 1130 g/mol. The van der Waals surface area contributed by atoms with E-state index in [-0.39, 0.29) is 18.5 Å². The van der Waals surface area contributed by atoms with Crippen LogP contribution < -0.4 is 5.32 Å². The van der Waals surface area contributed by atoms with Gasteiger partial charge in [0, 0.05) is 12.8 Å². The second-order valence-electron chi connectivity index (χ2n) is 25.3. The average Bonchev–Trinajstić information content (AvgIpc) is 3.46. The number of aliphatic hydroxyl groups excluding tert-OH is 2. The van der Waals surface area contributed by atoms with Crippen molar-refractivity contribution in [2.24, 2.45) is 0 Å². The van der Waals surface area contributed by atoms with Crippen molar-refractivity contribution in [2.75, 3.05) is 13.2 Å². The van der Waals surface area contributed by atoms with Gasteiger partial charge in [0.1, 0.15) is 0 Å². The molecule has 0 radical (unpaired) electrons. The van der Waals surface area contributed by atoms with Gasteiger partial charge in [0.15, 0.2) is 0 Å². The molecule has 6 heteroatoms. The number of ether oxygens (including phenoxy) is 1.